The fourth-order valence-corrected chi connectivity index (χ4v) is 3.67. The zero-order chi connectivity index (χ0) is 23.8. The Labute approximate surface area is 201 Å². The van der Waals surface area contributed by atoms with E-state index in [9.17, 15) is 14.7 Å². The zero-order valence-corrected chi connectivity index (χ0v) is 20.2. The highest BCUT2D eigenvalue weighted by atomic mass is 79.9. The molecule has 0 atom stereocenters. The third kappa shape index (κ3) is 6.57. The van der Waals surface area contributed by atoms with E-state index in [1.807, 2.05) is 5.32 Å². The molecule has 166 valence electrons. The number of hydrogen-bond donors (Lipinski definition) is 3. The lowest BCUT2D eigenvalue weighted by atomic mass is 10.1. The van der Waals surface area contributed by atoms with Gasteiger partial charge >= 0.3 is 6.09 Å². The van der Waals surface area contributed by atoms with Crippen LogP contribution in [0.2, 0.25) is 0 Å². The number of anilines is 1. The van der Waals surface area contributed by atoms with Gasteiger partial charge in [-0.1, -0.05) is 6.58 Å². The Bertz CT molecular complexity index is 1120. The van der Waals surface area contributed by atoms with Crippen LogP contribution in [0, 0.1) is 11.3 Å². The first kappa shape index (κ1) is 24.9. The number of carbonyl (C=O) groups excluding carboxylic acids is 2. The molecule has 0 aromatic heterocycles. The fourth-order valence-electron chi connectivity index (χ4n) is 2.33. The highest BCUT2D eigenvalue weighted by Gasteiger charge is 2.16. The second-order valence-electron chi connectivity index (χ2n) is 6.19. The molecular formula is C21H18Br2N4O5. The number of allylic oxidation sites excluding steroid dienone is 1. The van der Waals surface area contributed by atoms with Gasteiger partial charge in [0.15, 0.2) is 5.75 Å². The number of nitrogens with zero attached hydrogens (tertiary/aromatic N) is 2. The molecule has 9 nitrogen and oxygen atoms in total. The van der Waals surface area contributed by atoms with Crippen LogP contribution in [0.15, 0.2) is 51.0 Å². The molecule has 0 radical (unpaired) electrons. The van der Waals surface area contributed by atoms with Crippen molar-refractivity contribution in [2.45, 2.75) is 13.8 Å². The van der Waals surface area contributed by atoms with Gasteiger partial charge < -0.3 is 14.6 Å². The molecule has 0 aliphatic heterocycles. The number of rotatable bonds is 7. The number of ether oxygens (including phenoxy) is 2. The van der Waals surface area contributed by atoms with Crippen molar-refractivity contribution < 1.29 is 24.2 Å². The first-order valence-corrected chi connectivity index (χ1v) is 10.6. The number of halogens is 2. The van der Waals surface area contributed by atoms with Crippen molar-refractivity contribution >= 4 is 60.8 Å². The second kappa shape index (κ2) is 11.3. The number of hydrogen-bond acceptors (Lipinski definition) is 8. The summed E-state index contributed by atoms with van der Waals surface area (Å²) in [5, 5.41) is 24.7. The van der Waals surface area contributed by atoms with Gasteiger partial charge in [0.05, 0.1) is 21.2 Å². The van der Waals surface area contributed by atoms with E-state index in [0.717, 1.165) is 0 Å². The third-order valence-corrected chi connectivity index (χ3v) is 4.93. The SMILES string of the molecule is C=C(C)c1cc(Oc2c(Br)cc(NN=C(C#N)C(=O)NC(=O)OCC)cc2Br)ccc1O. The summed E-state index contributed by atoms with van der Waals surface area (Å²) in [5.41, 5.74) is 3.68. The number of nitriles is 1. The Morgan fingerprint density at radius 1 is 1.25 bits per heavy atom. The first-order chi connectivity index (χ1) is 15.2. The maximum atomic E-state index is 11.9. The summed E-state index contributed by atoms with van der Waals surface area (Å²) in [6.07, 6.45) is -0.975. The Morgan fingerprint density at radius 3 is 2.47 bits per heavy atom. The molecule has 0 saturated carbocycles. The van der Waals surface area contributed by atoms with Crippen LogP contribution < -0.4 is 15.5 Å². The molecule has 2 rings (SSSR count). The lowest BCUT2D eigenvalue weighted by Crippen LogP contribution is -2.36. The van der Waals surface area contributed by atoms with E-state index in [0.29, 0.717) is 37.3 Å². The number of carbonyl (C=O) groups is 2. The highest BCUT2D eigenvalue weighted by Crippen LogP contribution is 2.40. The van der Waals surface area contributed by atoms with E-state index in [1.165, 1.54) is 6.07 Å². The molecular weight excluding hydrogens is 548 g/mol. The molecule has 0 fully saturated rings. The summed E-state index contributed by atoms with van der Waals surface area (Å²) in [5.74, 6) is 0.0136. The monoisotopic (exact) mass is 564 g/mol. The molecule has 2 amide bonds. The normalized spacial score (nSPS) is 10.7. The van der Waals surface area contributed by atoms with Gasteiger partial charge in [-0.15, -0.1) is 0 Å². The largest absolute Gasteiger partial charge is 0.507 e. The van der Waals surface area contributed by atoms with Crippen LogP contribution in [0.5, 0.6) is 17.2 Å². The summed E-state index contributed by atoms with van der Waals surface area (Å²) in [6, 6.07) is 9.61. The number of amides is 2. The minimum absolute atomic E-state index is 0.0749. The first-order valence-electron chi connectivity index (χ1n) is 9.04. The van der Waals surface area contributed by atoms with Crippen LogP contribution >= 0.6 is 31.9 Å². The van der Waals surface area contributed by atoms with E-state index in [-0.39, 0.29) is 12.4 Å². The van der Waals surface area contributed by atoms with Crippen LogP contribution in [0.4, 0.5) is 10.5 Å². The molecule has 0 spiro atoms. The molecule has 0 unspecified atom stereocenters. The quantitative estimate of drug-likeness (QED) is 0.306. The number of imide groups is 1. The number of phenolic OH excluding ortho intramolecular Hbond substituents is 1. The third-order valence-electron chi connectivity index (χ3n) is 3.75. The van der Waals surface area contributed by atoms with Crippen LogP contribution in [-0.2, 0) is 9.53 Å². The maximum Gasteiger partial charge on any atom is 0.414 e. The van der Waals surface area contributed by atoms with Gasteiger partial charge in [0.1, 0.15) is 17.6 Å². The number of hydrazone groups is 1. The number of alkyl carbamates (subject to hydrolysis) is 1. The molecule has 0 saturated heterocycles. The topological polar surface area (TPSA) is 133 Å². The van der Waals surface area contributed by atoms with Gasteiger partial charge in [0, 0.05) is 5.56 Å². The molecule has 32 heavy (non-hydrogen) atoms. The van der Waals surface area contributed by atoms with Crippen LogP contribution in [0.25, 0.3) is 5.57 Å². The van der Waals surface area contributed by atoms with Gasteiger partial charge in [0.2, 0.25) is 5.71 Å². The van der Waals surface area contributed by atoms with Crippen molar-refractivity contribution in [1.82, 2.24) is 5.32 Å². The van der Waals surface area contributed by atoms with Crippen molar-refractivity contribution in [2.75, 3.05) is 12.0 Å². The number of phenols is 1. The Hall–Kier alpha value is -3.36. The molecule has 0 aliphatic carbocycles. The molecule has 3 N–H and O–H groups in total. The fraction of sp³-hybridized carbons (Fsp3) is 0.143. The standard InChI is InChI=1S/C21H18Br2N4O5/c1-4-31-21(30)25-20(29)17(10-24)27-26-12-7-15(22)19(16(23)8-12)32-13-5-6-18(28)14(9-13)11(2)3/h5-9,26,28H,2,4H2,1,3H3,(H,25,29,30). The summed E-state index contributed by atoms with van der Waals surface area (Å²) < 4.78 is 11.6. The van der Waals surface area contributed by atoms with Gasteiger partial charge in [0.25, 0.3) is 5.91 Å². The van der Waals surface area contributed by atoms with Crippen molar-refractivity contribution in [2.24, 2.45) is 5.10 Å². The van der Waals surface area contributed by atoms with Crippen molar-refractivity contribution in [3.05, 3.63) is 51.4 Å². The molecule has 11 heteroatoms. The number of aromatic hydroxyl groups is 1. The lowest BCUT2D eigenvalue weighted by Gasteiger charge is -2.13. The Balaban J connectivity index is 2.20. The Morgan fingerprint density at radius 2 is 1.91 bits per heavy atom. The Kier molecular flexibility index (Phi) is 8.80. The minimum Gasteiger partial charge on any atom is -0.507 e. The summed E-state index contributed by atoms with van der Waals surface area (Å²) in [6.45, 7) is 7.25. The molecule has 2 aromatic rings. The molecule has 0 bridgehead atoms. The van der Waals surface area contributed by atoms with E-state index in [2.05, 4.69) is 53.7 Å². The van der Waals surface area contributed by atoms with E-state index >= 15 is 0 Å². The smallest absolute Gasteiger partial charge is 0.414 e. The molecule has 0 aliphatic rings. The van der Waals surface area contributed by atoms with Crippen molar-refractivity contribution in [1.29, 1.82) is 5.26 Å². The average Bonchev–Trinajstić information content (AvgIpc) is 2.72. The summed E-state index contributed by atoms with van der Waals surface area (Å²) >= 11 is 6.81. The van der Waals surface area contributed by atoms with Gasteiger partial charge in [-0.05, 0) is 81.6 Å². The zero-order valence-electron chi connectivity index (χ0n) is 17.0. The molecule has 0 heterocycles. The number of nitrogens with one attached hydrogen (secondary N) is 2. The van der Waals surface area contributed by atoms with Crippen LogP contribution in [0.1, 0.15) is 19.4 Å². The van der Waals surface area contributed by atoms with Crippen molar-refractivity contribution in [3.63, 3.8) is 0 Å². The number of benzene rings is 2. The van der Waals surface area contributed by atoms with Gasteiger partial charge in [-0.3, -0.25) is 15.5 Å². The van der Waals surface area contributed by atoms with Gasteiger partial charge in [-0.25, -0.2) is 4.79 Å². The predicted octanol–water partition coefficient (Wildman–Crippen LogP) is 5.31. The lowest BCUT2D eigenvalue weighted by molar-refractivity contribution is -0.114. The second-order valence-corrected chi connectivity index (χ2v) is 7.90. The van der Waals surface area contributed by atoms with Crippen LogP contribution in [-0.4, -0.2) is 29.4 Å². The summed E-state index contributed by atoms with van der Waals surface area (Å²) in [4.78, 5) is 23.2. The molecule has 2 aromatic carbocycles. The van der Waals surface area contributed by atoms with E-state index in [1.54, 1.807) is 44.2 Å². The maximum absolute atomic E-state index is 11.9. The van der Waals surface area contributed by atoms with Gasteiger partial charge in [-0.2, -0.15) is 10.4 Å². The van der Waals surface area contributed by atoms with E-state index < -0.39 is 17.7 Å². The minimum atomic E-state index is -1.00. The van der Waals surface area contributed by atoms with Crippen LogP contribution in [0.3, 0.4) is 0 Å². The predicted molar refractivity (Wildman–Crippen MR) is 127 cm³/mol. The summed E-state index contributed by atoms with van der Waals surface area (Å²) in [7, 11) is 0. The van der Waals surface area contributed by atoms with Crippen molar-refractivity contribution in [3.8, 4) is 23.3 Å². The highest BCUT2D eigenvalue weighted by molar-refractivity contribution is 9.11. The average molecular weight is 566 g/mol. The van der Waals surface area contributed by atoms with E-state index in [4.69, 9.17) is 10.00 Å².